The Hall–Kier alpha value is -4.50. The number of methoxy groups -OCH3 is 1. The molecular formula is C27H22F2N4O3. The monoisotopic (exact) mass is 488 g/mol. The molecule has 7 nitrogen and oxygen atoms in total. The van der Waals surface area contributed by atoms with Crippen molar-refractivity contribution >= 4 is 6.09 Å². The zero-order chi connectivity index (χ0) is 25.8. The molecule has 9 heteroatoms. The van der Waals surface area contributed by atoms with E-state index in [4.69, 9.17) is 25.5 Å². The third kappa shape index (κ3) is 4.96. The second-order valence-corrected chi connectivity index (χ2v) is 8.50. The molecule has 4 rings (SSSR count). The van der Waals surface area contributed by atoms with E-state index in [9.17, 15) is 18.8 Å². The zero-order valence-electron chi connectivity index (χ0n) is 19.4. The quantitative estimate of drug-likeness (QED) is 0.501. The average molecular weight is 488 g/mol. The number of nitrogens with two attached hydrogens (primary N) is 1. The van der Waals surface area contributed by atoms with Gasteiger partial charge in [0.1, 0.15) is 18.0 Å². The third-order valence-electron chi connectivity index (χ3n) is 6.34. The Morgan fingerprint density at radius 3 is 2.22 bits per heavy atom. The second kappa shape index (κ2) is 10.4. The molecule has 0 unspecified atom stereocenters. The summed E-state index contributed by atoms with van der Waals surface area (Å²) in [4.78, 5) is 15.9. The number of primary amides is 1. The van der Waals surface area contributed by atoms with Crippen LogP contribution in [0.25, 0.3) is 22.4 Å². The molecule has 0 atom stereocenters. The molecule has 0 saturated heterocycles. The smallest absolute Gasteiger partial charge is 0.404 e. The molecule has 182 valence electrons. The molecular weight excluding hydrogens is 466 g/mol. The molecule has 36 heavy (non-hydrogen) atoms. The Kier molecular flexibility index (Phi) is 7.12. The molecule has 0 radical (unpaired) electrons. The number of carbonyl (C=O) groups is 1. The number of rotatable bonds is 5. The molecule has 1 aromatic heterocycles. The number of halogens is 2. The lowest BCUT2D eigenvalue weighted by Crippen LogP contribution is -2.27. The summed E-state index contributed by atoms with van der Waals surface area (Å²) in [5.74, 6) is -1.33. The molecule has 1 fully saturated rings. The van der Waals surface area contributed by atoms with Gasteiger partial charge in [-0.3, -0.25) is 4.98 Å². The van der Waals surface area contributed by atoms with Gasteiger partial charge in [0.15, 0.2) is 11.6 Å². The van der Waals surface area contributed by atoms with E-state index in [0.29, 0.717) is 53.8 Å². The Bertz CT molecular complexity index is 1400. The standard InChI is InChI=1S/C27H22F2N4O3/c1-35-24-9-6-16(10-22(24)29)25-19(14-31)12-23(15-4-7-20(8-5-15)36-27(32)34)33-26(25)17-2-3-18(13-30)21(28)11-17/h2-3,6,9-12,15,20H,4-5,7-8H2,1H3,(H2,32,34). The lowest BCUT2D eigenvalue weighted by Gasteiger charge is -2.28. The Morgan fingerprint density at radius 1 is 0.972 bits per heavy atom. The van der Waals surface area contributed by atoms with E-state index < -0.39 is 17.7 Å². The van der Waals surface area contributed by atoms with Crippen LogP contribution in [0, 0.1) is 34.3 Å². The van der Waals surface area contributed by atoms with Gasteiger partial charge in [0.05, 0.1) is 30.0 Å². The van der Waals surface area contributed by atoms with Crippen LogP contribution in [0.3, 0.4) is 0 Å². The molecule has 1 saturated carbocycles. The predicted molar refractivity (Wildman–Crippen MR) is 127 cm³/mol. The Balaban J connectivity index is 1.85. The van der Waals surface area contributed by atoms with Crippen molar-refractivity contribution in [2.75, 3.05) is 7.11 Å². The molecule has 3 aromatic rings. The van der Waals surface area contributed by atoms with Crippen molar-refractivity contribution in [1.29, 1.82) is 10.5 Å². The normalized spacial score (nSPS) is 17.0. The number of benzene rings is 2. The van der Waals surface area contributed by atoms with Crippen LogP contribution in [0.1, 0.15) is 48.4 Å². The fourth-order valence-corrected chi connectivity index (χ4v) is 4.58. The van der Waals surface area contributed by atoms with Gasteiger partial charge < -0.3 is 15.2 Å². The summed E-state index contributed by atoms with van der Waals surface area (Å²) in [6.45, 7) is 0. The van der Waals surface area contributed by atoms with Crippen LogP contribution in [0.15, 0.2) is 42.5 Å². The van der Waals surface area contributed by atoms with E-state index in [1.54, 1.807) is 24.3 Å². The van der Waals surface area contributed by atoms with Crippen LogP contribution < -0.4 is 10.5 Å². The van der Waals surface area contributed by atoms with E-state index in [1.807, 2.05) is 0 Å². The highest BCUT2D eigenvalue weighted by molar-refractivity contribution is 5.85. The van der Waals surface area contributed by atoms with Crippen molar-refractivity contribution < 1.29 is 23.0 Å². The van der Waals surface area contributed by atoms with Gasteiger partial charge in [0.25, 0.3) is 0 Å². The number of aromatic nitrogens is 1. The summed E-state index contributed by atoms with van der Waals surface area (Å²) in [7, 11) is 1.35. The summed E-state index contributed by atoms with van der Waals surface area (Å²) < 4.78 is 39.3. The van der Waals surface area contributed by atoms with Gasteiger partial charge in [-0.05, 0) is 61.6 Å². The van der Waals surface area contributed by atoms with Crippen molar-refractivity contribution in [3.05, 3.63) is 70.9 Å². The second-order valence-electron chi connectivity index (χ2n) is 8.50. The Morgan fingerprint density at radius 2 is 1.64 bits per heavy atom. The fraction of sp³-hybridized carbons (Fsp3) is 0.259. The molecule has 1 aliphatic carbocycles. The number of nitriles is 2. The molecule has 2 aromatic carbocycles. The first-order valence-electron chi connectivity index (χ1n) is 11.3. The predicted octanol–water partition coefficient (Wildman–Crippen LogP) is 5.57. The van der Waals surface area contributed by atoms with Gasteiger partial charge in [-0.15, -0.1) is 0 Å². The summed E-state index contributed by atoms with van der Waals surface area (Å²) >= 11 is 0. The first-order chi connectivity index (χ1) is 17.3. The minimum absolute atomic E-state index is 0.0338. The summed E-state index contributed by atoms with van der Waals surface area (Å²) in [6, 6.07) is 14.0. The molecule has 2 N–H and O–H groups in total. The van der Waals surface area contributed by atoms with Crippen molar-refractivity contribution in [2.24, 2.45) is 5.73 Å². The minimum Gasteiger partial charge on any atom is -0.494 e. The highest BCUT2D eigenvalue weighted by atomic mass is 19.1. The SMILES string of the molecule is COc1ccc(-c2c(C#N)cc(C3CCC(OC(N)=O)CC3)nc2-c2ccc(C#N)c(F)c2)cc1F. The van der Waals surface area contributed by atoms with Crippen LogP contribution >= 0.6 is 0 Å². The number of amides is 1. The van der Waals surface area contributed by atoms with Gasteiger partial charge in [0, 0.05) is 22.7 Å². The molecule has 1 aliphatic rings. The van der Waals surface area contributed by atoms with Crippen LogP contribution in [-0.2, 0) is 4.74 Å². The number of pyridine rings is 1. The van der Waals surface area contributed by atoms with Gasteiger partial charge in [-0.1, -0.05) is 12.1 Å². The fourth-order valence-electron chi connectivity index (χ4n) is 4.58. The first kappa shape index (κ1) is 24.6. The van der Waals surface area contributed by atoms with Crippen molar-refractivity contribution in [3.63, 3.8) is 0 Å². The summed E-state index contributed by atoms with van der Waals surface area (Å²) in [5, 5.41) is 19.2. The van der Waals surface area contributed by atoms with Crippen LogP contribution in [0.5, 0.6) is 5.75 Å². The van der Waals surface area contributed by atoms with Crippen LogP contribution in [0.4, 0.5) is 13.6 Å². The van der Waals surface area contributed by atoms with Gasteiger partial charge in [-0.25, -0.2) is 13.6 Å². The minimum atomic E-state index is -0.815. The van der Waals surface area contributed by atoms with E-state index in [0.717, 1.165) is 0 Å². The highest BCUT2D eigenvalue weighted by Crippen LogP contribution is 2.40. The zero-order valence-corrected chi connectivity index (χ0v) is 19.4. The maximum absolute atomic E-state index is 14.6. The lowest BCUT2D eigenvalue weighted by atomic mass is 9.83. The third-order valence-corrected chi connectivity index (χ3v) is 6.34. The van der Waals surface area contributed by atoms with Gasteiger partial charge in [0.2, 0.25) is 0 Å². The lowest BCUT2D eigenvalue weighted by molar-refractivity contribution is 0.0784. The van der Waals surface area contributed by atoms with E-state index in [-0.39, 0.29) is 28.9 Å². The average Bonchev–Trinajstić information content (AvgIpc) is 2.88. The topological polar surface area (TPSA) is 122 Å². The number of carbonyl (C=O) groups excluding carboxylic acids is 1. The first-order valence-corrected chi connectivity index (χ1v) is 11.3. The molecule has 0 bridgehead atoms. The van der Waals surface area contributed by atoms with E-state index in [1.165, 1.54) is 31.4 Å². The molecule has 0 spiro atoms. The van der Waals surface area contributed by atoms with E-state index in [2.05, 4.69) is 6.07 Å². The maximum Gasteiger partial charge on any atom is 0.404 e. The molecule has 1 amide bonds. The number of nitrogens with zero attached hydrogens (tertiary/aromatic N) is 3. The van der Waals surface area contributed by atoms with Crippen LogP contribution in [0.2, 0.25) is 0 Å². The Labute approximate surface area is 206 Å². The molecule has 0 aliphatic heterocycles. The van der Waals surface area contributed by atoms with Gasteiger partial charge >= 0.3 is 6.09 Å². The van der Waals surface area contributed by atoms with E-state index >= 15 is 0 Å². The number of hydrogen-bond acceptors (Lipinski definition) is 6. The van der Waals surface area contributed by atoms with Crippen molar-refractivity contribution in [2.45, 2.75) is 37.7 Å². The number of hydrogen-bond donors (Lipinski definition) is 1. The highest BCUT2D eigenvalue weighted by Gasteiger charge is 2.27. The number of ether oxygens (including phenoxy) is 2. The summed E-state index contributed by atoms with van der Waals surface area (Å²) in [5.41, 5.74) is 7.25. The summed E-state index contributed by atoms with van der Waals surface area (Å²) in [6.07, 6.45) is 1.38. The maximum atomic E-state index is 14.6. The largest absolute Gasteiger partial charge is 0.494 e. The van der Waals surface area contributed by atoms with Crippen molar-refractivity contribution in [3.8, 4) is 40.3 Å². The van der Waals surface area contributed by atoms with Crippen molar-refractivity contribution in [1.82, 2.24) is 4.98 Å². The van der Waals surface area contributed by atoms with Crippen LogP contribution in [-0.4, -0.2) is 24.3 Å². The molecule has 1 heterocycles. The van der Waals surface area contributed by atoms with Gasteiger partial charge in [-0.2, -0.15) is 10.5 Å².